The van der Waals surface area contributed by atoms with E-state index in [2.05, 4.69) is 4.98 Å². The molecule has 2 aromatic rings. The van der Waals surface area contributed by atoms with E-state index in [1.165, 1.54) is 11.1 Å². The number of aromatic nitrogens is 2. The van der Waals surface area contributed by atoms with Crippen molar-refractivity contribution in [3.63, 3.8) is 0 Å². The Morgan fingerprint density at radius 3 is 2.26 bits per heavy atom. The minimum absolute atomic E-state index is 0.205. The summed E-state index contributed by atoms with van der Waals surface area (Å²) in [4.78, 5) is 39.6. The lowest BCUT2D eigenvalue weighted by Crippen LogP contribution is -2.31. The zero-order valence-electron chi connectivity index (χ0n) is 12.4. The van der Waals surface area contributed by atoms with Crippen LogP contribution < -0.4 is 0 Å². The van der Waals surface area contributed by atoms with Crippen molar-refractivity contribution in [2.45, 2.75) is 19.9 Å². The lowest BCUT2D eigenvalue weighted by Gasteiger charge is -2.13. The van der Waals surface area contributed by atoms with Gasteiger partial charge in [-0.15, -0.1) is 0 Å². The van der Waals surface area contributed by atoms with E-state index in [-0.39, 0.29) is 24.2 Å². The number of benzene rings is 1. The standard InChI is InChI=1S/C15H14N4O4/c1-10-16-13(19(22)23)9-17(10)7-4-8-18-14(20)11-5-2-3-6-12(11)15(18)21/h2-3,5-6,9H,4,7-8H2,1H3. The molecule has 0 unspecified atom stereocenters. The van der Waals surface area contributed by atoms with Gasteiger partial charge in [-0.05, 0) is 28.5 Å². The van der Waals surface area contributed by atoms with Crippen molar-refractivity contribution in [2.24, 2.45) is 0 Å². The zero-order chi connectivity index (χ0) is 16.6. The second kappa shape index (κ2) is 5.64. The van der Waals surface area contributed by atoms with Gasteiger partial charge in [0.15, 0.2) is 0 Å². The number of hydrogen-bond acceptors (Lipinski definition) is 5. The maximum absolute atomic E-state index is 12.2. The number of imidazole rings is 1. The molecule has 0 atom stereocenters. The molecule has 0 aliphatic carbocycles. The van der Waals surface area contributed by atoms with Crippen LogP contribution in [0.3, 0.4) is 0 Å². The minimum atomic E-state index is -0.548. The predicted molar refractivity (Wildman–Crippen MR) is 80.0 cm³/mol. The Morgan fingerprint density at radius 1 is 1.13 bits per heavy atom. The molecule has 2 amide bonds. The average Bonchev–Trinajstić information content (AvgIpc) is 3.01. The number of carbonyl (C=O) groups is 2. The van der Waals surface area contributed by atoms with Gasteiger partial charge >= 0.3 is 5.82 Å². The maximum Gasteiger partial charge on any atom is 0.381 e. The van der Waals surface area contributed by atoms with Crippen LogP contribution >= 0.6 is 0 Å². The summed E-state index contributed by atoms with van der Waals surface area (Å²) in [6.45, 7) is 2.38. The number of nitro groups is 1. The van der Waals surface area contributed by atoms with Gasteiger partial charge in [-0.3, -0.25) is 14.5 Å². The van der Waals surface area contributed by atoms with Crippen LogP contribution in [0.2, 0.25) is 0 Å². The summed E-state index contributed by atoms with van der Waals surface area (Å²) < 4.78 is 1.65. The molecular formula is C15H14N4O4. The monoisotopic (exact) mass is 314 g/mol. The van der Waals surface area contributed by atoms with Crippen molar-refractivity contribution < 1.29 is 14.5 Å². The van der Waals surface area contributed by atoms with Crippen molar-refractivity contribution in [2.75, 3.05) is 6.54 Å². The summed E-state index contributed by atoms with van der Waals surface area (Å²) >= 11 is 0. The number of fused-ring (bicyclic) bond motifs is 1. The van der Waals surface area contributed by atoms with Crippen LogP contribution in [0.1, 0.15) is 33.0 Å². The predicted octanol–water partition coefficient (Wildman–Crippen LogP) is 1.79. The summed E-state index contributed by atoms with van der Waals surface area (Å²) in [6.07, 6.45) is 1.86. The van der Waals surface area contributed by atoms with Gasteiger partial charge in [0.2, 0.25) is 5.82 Å². The van der Waals surface area contributed by atoms with Crippen LogP contribution in [0.4, 0.5) is 5.82 Å². The molecule has 0 saturated carbocycles. The second-order valence-corrected chi connectivity index (χ2v) is 5.26. The molecule has 0 bridgehead atoms. The van der Waals surface area contributed by atoms with Gasteiger partial charge in [-0.25, -0.2) is 0 Å². The largest absolute Gasteiger partial charge is 0.381 e. The van der Waals surface area contributed by atoms with E-state index in [1.54, 1.807) is 35.8 Å². The van der Waals surface area contributed by atoms with Crippen molar-refractivity contribution in [1.82, 2.24) is 14.5 Å². The quantitative estimate of drug-likeness (QED) is 0.476. The third-order valence-corrected chi connectivity index (χ3v) is 3.81. The van der Waals surface area contributed by atoms with Crippen LogP contribution in [0.25, 0.3) is 0 Å². The first-order chi connectivity index (χ1) is 11.0. The Hall–Kier alpha value is -3.03. The van der Waals surface area contributed by atoms with Gasteiger partial charge in [0.25, 0.3) is 11.8 Å². The highest BCUT2D eigenvalue weighted by atomic mass is 16.6. The number of rotatable bonds is 5. The van der Waals surface area contributed by atoms with Crippen molar-refractivity contribution >= 4 is 17.6 Å². The molecule has 23 heavy (non-hydrogen) atoms. The number of nitrogens with zero attached hydrogens (tertiary/aromatic N) is 4. The van der Waals surface area contributed by atoms with E-state index in [9.17, 15) is 19.7 Å². The van der Waals surface area contributed by atoms with E-state index in [0.717, 1.165) is 0 Å². The molecule has 1 aromatic carbocycles. The third kappa shape index (κ3) is 2.59. The lowest BCUT2D eigenvalue weighted by atomic mass is 10.1. The van der Waals surface area contributed by atoms with Gasteiger partial charge in [0.05, 0.1) is 11.1 Å². The van der Waals surface area contributed by atoms with Crippen LogP contribution in [-0.4, -0.2) is 37.7 Å². The number of carbonyl (C=O) groups excluding carboxylic acids is 2. The third-order valence-electron chi connectivity index (χ3n) is 3.81. The van der Waals surface area contributed by atoms with Crippen molar-refractivity contribution in [3.8, 4) is 0 Å². The normalized spacial score (nSPS) is 13.5. The van der Waals surface area contributed by atoms with Gasteiger partial charge in [0, 0.05) is 20.0 Å². The average molecular weight is 314 g/mol. The van der Waals surface area contributed by atoms with Gasteiger partial charge in [-0.1, -0.05) is 12.1 Å². The van der Waals surface area contributed by atoms with Crippen LogP contribution in [0.5, 0.6) is 0 Å². The highest BCUT2D eigenvalue weighted by Gasteiger charge is 2.34. The number of aryl methyl sites for hydroxylation is 2. The molecular weight excluding hydrogens is 300 g/mol. The molecule has 0 fully saturated rings. The Labute approximate surface area is 131 Å². The highest BCUT2D eigenvalue weighted by molar-refractivity contribution is 6.21. The molecule has 0 saturated heterocycles. The number of hydrogen-bond donors (Lipinski definition) is 0. The van der Waals surface area contributed by atoms with Crippen LogP contribution in [-0.2, 0) is 6.54 Å². The smallest absolute Gasteiger partial charge is 0.358 e. The first-order valence-electron chi connectivity index (χ1n) is 7.12. The summed E-state index contributed by atoms with van der Waals surface area (Å²) in [6, 6.07) is 6.72. The van der Waals surface area contributed by atoms with E-state index >= 15 is 0 Å². The fourth-order valence-electron chi connectivity index (χ4n) is 2.65. The molecule has 1 aliphatic rings. The topological polar surface area (TPSA) is 98.3 Å². The molecule has 1 aliphatic heterocycles. The van der Waals surface area contributed by atoms with Crippen molar-refractivity contribution in [3.05, 3.63) is 57.5 Å². The fourth-order valence-corrected chi connectivity index (χ4v) is 2.65. The van der Waals surface area contributed by atoms with Crippen LogP contribution in [0.15, 0.2) is 30.5 Å². The lowest BCUT2D eigenvalue weighted by molar-refractivity contribution is -0.389. The molecule has 118 valence electrons. The molecule has 0 N–H and O–H groups in total. The van der Waals surface area contributed by atoms with Gasteiger partial charge in [-0.2, -0.15) is 0 Å². The van der Waals surface area contributed by atoms with Crippen molar-refractivity contribution in [1.29, 1.82) is 0 Å². The molecule has 0 radical (unpaired) electrons. The number of amides is 2. The highest BCUT2D eigenvalue weighted by Crippen LogP contribution is 2.22. The molecule has 8 nitrogen and oxygen atoms in total. The van der Waals surface area contributed by atoms with E-state index in [0.29, 0.717) is 29.9 Å². The molecule has 1 aromatic heterocycles. The molecule has 3 rings (SSSR count). The Kier molecular flexibility index (Phi) is 3.65. The Bertz CT molecular complexity index is 777. The molecule has 8 heteroatoms. The summed E-state index contributed by atoms with van der Waals surface area (Å²) in [5.41, 5.74) is 0.846. The Balaban J connectivity index is 1.65. The fraction of sp³-hybridized carbons (Fsp3) is 0.267. The zero-order valence-corrected chi connectivity index (χ0v) is 12.4. The summed E-state index contributed by atoms with van der Waals surface area (Å²) in [5.74, 6) is -0.264. The Morgan fingerprint density at radius 2 is 1.74 bits per heavy atom. The molecule has 2 heterocycles. The summed E-state index contributed by atoms with van der Waals surface area (Å²) in [5, 5.41) is 10.7. The SMILES string of the molecule is Cc1nc([N+](=O)[O-])cn1CCCN1C(=O)c2ccccc2C1=O. The number of imide groups is 1. The van der Waals surface area contributed by atoms with E-state index < -0.39 is 4.92 Å². The van der Waals surface area contributed by atoms with Gasteiger partial charge in [0.1, 0.15) is 6.20 Å². The van der Waals surface area contributed by atoms with E-state index in [1.807, 2.05) is 0 Å². The first-order valence-corrected chi connectivity index (χ1v) is 7.12. The minimum Gasteiger partial charge on any atom is -0.358 e. The summed E-state index contributed by atoms with van der Waals surface area (Å²) in [7, 11) is 0. The van der Waals surface area contributed by atoms with Crippen LogP contribution in [0, 0.1) is 17.0 Å². The maximum atomic E-state index is 12.2. The van der Waals surface area contributed by atoms with E-state index in [4.69, 9.17) is 0 Å². The van der Waals surface area contributed by atoms with Gasteiger partial charge < -0.3 is 14.7 Å². The molecule has 0 spiro atoms. The first kappa shape index (κ1) is 14.9. The second-order valence-electron chi connectivity index (χ2n) is 5.26.